The summed E-state index contributed by atoms with van der Waals surface area (Å²) in [5, 5.41) is 19.5. The van der Waals surface area contributed by atoms with Gasteiger partial charge in [-0.15, -0.1) is 0 Å². The summed E-state index contributed by atoms with van der Waals surface area (Å²) in [6.45, 7) is 2.00. The third kappa shape index (κ3) is 3.42. The van der Waals surface area contributed by atoms with Gasteiger partial charge in [-0.05, 0) is 13.0 Å². The molecule has 2 rings (SSSR count). The fourth-order valence-electron chi connectivity index (χ4n) is 2.12. The molecule has 0 saturated heterocycles. The first kappa shape index (κ1) is 17.2. The van der Waals surface area contributed by atoms with Gasteiger partial charge in [0.2, 0.25) is 5.91 Å². The number of nitrogens with one attached hydrogen (secondary N) is 1. The molecular weight excluding hydrogens is 316 g/mol. The van der Waals surface area contributed by atoms with Crippen LogP contribution in [0.15, 0.2) is 18.5 Å². The molecule has 0 saturated carbocycles. The Morgan fingerprint density at radius 3 is 2.54 bits per heavy atom. The maximum Gasteiger partial charge on any atom is 0.354 e. The molecule has 0 atom stereocenters. The van der Waals surface area contributed by atoms with Gasteiger partial charge in [0.1, 0.15) is 17.9 Å². The molecule has 0 aromatic carbocycles. The molecular formula is C14H18N6O4. The second kappa shape index (κ2) is 6.94. The summed E-state index contributed by atoms with van der Waals surface area (Å²) in [7, 11) is 3.20. The zero-order chi connectivity index (χ0) is 17.9. The Hall–Kier alpha value is -3.17. The standard InChI is InChI=1S/C14H18N6O4/c1-4-19-12(13(22)18(2)3)9(7-16-19)17-11(21)8-20-10(14(23)24)5-6-15-20/h5-7H,4,8H2,1-3H3,(H,17,21)(H,23,24). The van der Waals surface area contributed by atoms with Crippen molar-refractivity contribution in [2.24, 2.45) is 0 Å². The number of rotatable bonds is 6. The molecule has 0 radical (unpaired) electrons. The lowest BCUT2D eigenvalue weighted by atomic mass is 10.3. The van der Waals surface area contributed by atoms with Crippen LogP contribution in [0, 0.1) is 0 Å². The molecule has 0 unspecified atom stereocenters. The highest BCUT2D eigenvalue weighted by Crippen LogP contribution is 2.17. The van der Waals surface area contributed by atoms with E-state index in [4.69, 9.17) is 5.11 Å². The van der Waals surface area contributed by atoms with Gasteiger partial charge < -0.3 is 15.3 Å². The number of aryl methyl sites for hydroxylation is 1. The van der Waals surface area contributed by atoms with Gasteiger partial charge in [0.15, 0.2) is 0 Å². The number of amides is 2. The fraction of sp³-hybridized carbons (Fsp3) is 0.357. The van der Waals surface area contributed by atoms with Crippen LogP contribution in [0.3, 0.4) is 0 Å². The van der Waals surface area contributed by atoms with Crippen LogP contribution in [0.25, 0.3) is 0 Å². The van der Waals surface area contributed by atoms with Crippen LogP contribution in [0.4, 0.5) is 5.69 Å². The van der Waals surface area contributed by atoms with Crippen LogP contribution in [0.2, 0.25) is 0 Å². The monoisotopic (exact) mass is 334 g/mol. The average molecular weight is 334 g/mol. The van der Waals surface area contributed by atoms with E-state index in [2.05, 4.69) is 15.5 Å². The number of hydrogen-bond acceptors (Lipinski definition) is 5. The number of aromatic nitrogens is 4. The first-order valence-electron chi connectivity index (χ1n) is 7.17. The SMILES string of the molecule is CCn1ncc(NC(=O)Cn2nccc2C(=O)O)c1C(=O)N(C)C. The highest BCUT2D eigenvalue weighted by Gasteiger charge is 2.21. The van der Waals surface area contributed by atoms with Gasteiger partial charge in [-0.1, -0.05) is 0 Å². The third-order valence-corrected chi connectivity index (χ3v) is 3.25. The molecule has 0 aliphatic rings. The molecule has 10 nitrogen and oxygen atoms in total. The van der Waals surface area contributed by atoms with Crippen molar-refractivity contribution in [3.63, 3.8) is 0 Å². The maximum atomic E-state index is 12.3. The van der Waals surface area contributed by atoms with Gasteiger partial charge in [0.25, 0.3) is 5.91 Å². The predicted molar refractivity (Wildman–Crippen MR) is 83.7 cm³/mol. The van der Waals surface area contributed by atoms with E-state index >= 15 is 0 Å². The molecule has 24 heavy (non-hydrogen) atoms. The predicted octanol–water partition coefficient (Wildman–Crippen LogP) is 0.138. The van der Waals surface area contributed by atoms with Crippen molar-refractivity contribution in [3.05, 3.63) is 29.8 Å². The van der Waals surface area contributed by atoms with Gasteiger partial charge in [0.05, 0.1) is 11.9 Å². The molecule has 2 amide bonds. The molecule has 2 N–H and O–H groups in total. The minimum absolute atomic E-state index is 0.0982. The molecule has 0 bridgehead atoms. The van der Waals surface area contributed by atoms with E-state index in [9.17, 15) is 14.4 Å². The number of carbonyl (C=O) groups excluding carboxylic acids is 2. The molecule has 2 aromatic rings. The number of nitrogens with zero attached hydrogens (tertiary/aromatic N) is 5. The third-order valence-electron chi connectivity index (χ3n) is 3.25. The summed E-state index contributed by atoms with van der Waals surface area (Å²) in [5.74, 6) is -1.98. The van der Waals surface area contributed by atoms with Crippen LogP contribution in [0.5, 0.6) is 0 Å². The highest BCUT2D eigenvalue weighted by atomic mass is 16.4. The van der Waals surface area contributed by atoms with Crippen molar-refractivity contribution in [1.29, 1.82) is 0 Å². The van der Waals surface area contributed by atoms with E-state index in [0.717, 1.165) is 4.68 Å². The molecule has 0 aliphatic heterocycles. The van der Waals surface area contributed by atoms with E-state index in [-0.39, 0.29) is 29.5 Å². The summed E-state index contributed by atoms with van der Waals surface area (Å²) in [6.07, 6.45) is 2.69. The molecule has 0 fully saturated rings. The smallest absolute Gasteiger partial charge is 0.354 e. The summed E-state index contributed by atoms with van der Waals surface area (Å²) in [6, 6.07) is 1.30. The van der Waals surface area contributed by atoms with Gasteiger partial charge in [-0.2, -0.15) is 10.2 Å². The maximum absolute atomic E-state index is 12.3. The molecule has 0 aliphatic carbocycles. The number of carboxylic acid groups (broad SMARTS) is 1. The summed E-state index contributed by atoms with van der Waals surface area (Å²) in [5.41, 5.74) is 0.429. The molecule has 2 heterocycles. The van der Waals surface area contributed by atoms with Crippen molar-refractivity contribution < 1.29 is 19.5 Å². The summed E-state index contributed by atoms with van der Waals surface area (Å²) in [4.78, 5) is 36.8. The Bertz CT molecular complexity index is 776. The lowest BCUT2D eigenvalue weighted by Crippen LogP contribution is -2.27. The first-order chi connectivity index (χ1) is 11.3. The summed E-state index contributed by atoms with van der Waals surface area (Å²) < 4.78 is 2.55. The Kier molecular flexibility index (Phi) is 4.97. The lowest BCUT2D eigenvalue weighted by Gasteiger charge is -2.13. The van der Waals surface area contributed by atoms with E-state index in [0.29, 0.717) is 6.54 Å². The fourth-order valence-corrected chi connectivity index (χ4v) is 2.12. The van der Waals surface area contributed by atoms with Crippen molar-refractivity contribution in [2.75, 3.05) is 19.4 Å². The van der Waals surface area contributed by atoms with E-state index < -0.39 is 11.9 Å². The van der Waals surface area contributed by atoms with E-state index in [1.165, 1.54) is 28.0 Å². The molecule has 0 spiro atoms. The Labute approximate surface area is 137 Å². The Morgan fingerprint density at radius 2 is 1.96 bits per heavy atom. The Balaban J connectivity index is 2.20. The van der Waals surface area contributed by atoms with Gasteiger partial charge in [-0.3, -0.25) is 14.3 Å². The van der Waals surface area contributed by atoms with Gasteiger partial charge >= 0.3 is 5.97 Å². The van der Waals surface area contributed by atoms with Crippen LogP contribution in [-0.4, -0.2) is 61.4 Å². The molecule has 128 valence electrons. The van der Waals surface area contributed by atoms with Gasteiger partial charge in [0, 0.05) is 26.8 Å². The van der Waals surface area contributed by atoms with E-state index in [1.807, 2.05) is 6.92 Å². The number of carboxylic acids is 1. The first-order valence-corrected chi connectivity index (χ1v) is 7.17. The number of hydrogen-bond donors (Lipinski definition) is 2. The van der Waals surface area contributed by atoms with Crippen LogP contribution in [0.1, 0.15) is 27.9 Å². The molecule has 10 heteroatoms. The zero-order valence-corrected chi connectivity index (χ0v) is 13.6. The zero-order valence-electron chi connectivity index (χ0n) is 13.6. The van der Waals surface area contributed by atoms with Crippen LogP contribution >= 0.6 is 0 Å². The van der Waals surface area contributed by atoms with Crippen LogP contribution in [-0.2, 0) is 17.9 Å². The van der Waals surface area contributed by atoms with E-state index in [1.54, 1.807) is 14.1 Å². The van der Waals surface area contributed by atoms with Crippen molar-refractivity contribution in [1.82, 2.24) is 24.5 Å². The normalized spacial score (nSPS) is 10.5. The number of anilines is 1. The van der Waals surface area contributed by atoms with Crippen molar-refractivity contribution >= 4 is 23.5 Å². The minimum Gasteiger partial charge on any atom is -0.477 e. The highest BCUT2D eigenvalue weighted by molar-refractivity contribution is 6.02. The molecule has 2 aromatic heterocycles. The number of carbonyl (C=O) groups is 3. The number of aromatic carboxylic acids is 1. The van der Waals surface area contributed by atoms with Gasteiger partial charge in [-0.25, -0.2) is 9.48 Å². The second-order valence-electron chi connectivity index (χ2n) is 5.15. The summed E-state index contributed by atoms with van der Waals surface area (Å²) >= 11 is 0. The largest absolute Gasteiger partial charge is 0.477 e. The second-order valence-corrected chi connectivity index (χ2v) is 5.15. The topological polar surface area (TPSA) is 122 Å². The van der Waals surface area contributed by atoms with Crippen molar-refractivity contribution in [3.8, 4) is 0 Å². The minimum atomic E-state index is -1.18. The average Bonchev–Trinajstić information content (AvgIpc) is 3.12. The van der Waals surface area contributed by atoms with Crippen LogP contribution < -0.4 is 5.32 Å². The van der Waals surface area contributed by atoms with Crippen molar-refractivity contribution in [2.45, 2.75) is 20.0 Å². The quantitative estimate of drug-likeness (QED) is 0.774. The Morgan fingerprint density at radius 1 is 1.25 bits per heavy atom. The lowest BCUT2D eigenvalue weighted by molar-refractivity contribution is -0.116.